The van der Waals surface area contributed by atoms with Crippen LogP contribution in [0.4, 0.5) is 0 Å². The molecule has 74 valence electrons. The monoisotopic (exact) mass is 182 g/mol. The third kappa shape index (κ3) is 1.85. The van der Waals surface area contributed by atoms with Crippen LogP contribution in [-0.4, -0.2) is 37.4 Å². The summed E-state index contributed by atoms with van der Waals surface area (Å²) in [6, 6.07) is 0. The molecule has 2 fully saturated rings. The van der Waals surface area contributed by atoms with Gasteiger partial charge in [-0.05, 0) is 32.2 Å². The van der Waals surface area contributed by atoms with E-state index in [9.17, 15) is 0 Å². The molecule has 0 N–H and O–H groups in total. The zero-order valence-electron chi connectivity index (χ0n) is 8.49. The average Bonchev–Trinajstić information content (AvgIpc) is 2.46. The van der Waals surface area contributed by atoms with E-state index in [1.807, 2.05) is 0 Å². The Kier molecular flexibility index (Phi) is 2.54. The summed E-state index contributed by atoms with van der Waals surface area (Å²) in [5, 5.41) is 4.03. The Hall–Kier alpha value is -0.570. The van der Waals surface area contributed by atoms with Crippen LogP contribution in [0, 0.1) is 11.8 Å². The lowest BCUT2D eigenvalue weighted by molar-refractivity contribution is 0.200. The maximum Gasteiger partial charge on any atom is 0.106 e. The van der Waals surface area contributed by atoms with Crippen LogP contribution in [-0.2, 0) is 4.84 Å². The third-order valence-corrected chi connectivity index (χ3v) is 3.29. The number of nitrogens with zero attached hydrogens (tertiary/aromatic N) is 2. The standard InChI is InChI=1S/C10H18N2O/c1-8(11-13-2)10-5-9-3-4-12(6-9)7-10/h9-10H,3-7H2,1-2H3/b11-8+. The lowest BCUT2D eigenvalue weighted by atomic mass is 9.89. The molecule has 13 heavy (non-hydrogen) atoms. The molecule has 0 spiro atoms. The fourth-order valence-electron chi connectivity index (χ4n) is 2.58. The van der Waals surface area contributed by atoms with Gasteiger partial charge in [0.2, 0.25) is 0 Å². The Morgan fingerprint density at radius 1 is 1.46 bits per heavy atom. The van der Waals surface area contributed by atoms with Crippen LogP contribution in [0.2, 0.25) is 0 Å². The molecular weight excluding hydrogens is 164 g/mol. The largest absolute Gasteiger partial charge is 0.399 e. The second-order valence-corrected chi connectivity index (χ2v) is 4.26. The van der Waals surface area contributed by atoms with E-state index in [1.54, 1.807) is 7.11 Å². The van der Waals surface area contributed by atoms with Gasteiger partial charge in [-0.2, -0.15) is 0 Å². The van der Waals surface area contributed by atoms with Crippen molar-refractivity contribution in [2.75, 3.05) is 26.7 Å². The quantitative estimate of drug-likeness (QED) is 0.475. The van der Waals surface area contributed by atoms with Crippen molar-refractivity contribution in [1.29, 1.82) is 0 Å². The van der Waals surface area contributed by atoms with Crippen LogP contribution < -0.4 is 0 Å². The molecule has 3 heteroatoms. The molecular formula is C10H18N2O. The van der Waals surface area contributed by atoms with Crippen molar-refractivity contribution in [3.63, 3.8) is 0 Å². The molecule has 2 aliphatic heterocycles. The first-order valence-corrected chi connectivity index (χ1v) is 5.09. The number of hydrogen-bond donors (Lipinski definition) is 0. The molecule has 3 nitrogen and oxygen atoms in total. The summed E-state index contributed by atoms with van der Waals surface area (Å²) in [6.07, 6.45) is 2.70. The second kappa shape index (κ2) is 3.66. The van der Waals surface area contributed by atoms with Crippen molar-refractivity contribution in [3.8, 4) is 0 Å². The van der Waals surface area contributed by atoms with Crippen LogP contribution in [0.3, 0.4) is 0 Å². The summed E-state index contributed by atoms with van der Waals surface area (Å²) >= 11 is 0. The normalized spacial score (nSPS) is 39.2. The molecule has 2 heterocycles. The van der Waals surface area contributed by atoms with Gasteiger partial charge < -0.3 is 9.74 Å². The molecule has 2 saturated heterocycles. The number of hydrogen-bond acceptors (Lipinski definition) is 3. The van der Waals surface area contributed by atoms with E-state index in [-0.39, 0.29) is 0 Å². The molecule has 2 rings (SSSR count). The average molecular weight is 182 g/mol. The summed E-state index contributed by atoms with van der Waals surface area (Å²) in [4.78, 5) is 7.37. The van der Waals surface area contributed by atoms with Gasteiger partial charge in [-0.15, -0.1) is 0 Å². The van der Waals surface area contributed by atoms with E-state index in [4.69, 9.17) is 4.84 Å². The molecule has 0 aromatic heterocycles. The van der Waals surface area contributed by atoms with E-state index in [2.05, 4.69) is 17.0 Å². The Morgan fingerprint density at radius 3 is 3.00 bits per heavy atom. The first-order valence-electron chi connectivity index (χ1n) is 5.09. The van der Waals surface area contributed by atoms with Gasteiger partial charge in [-0.25, -0.2) is 0 Å². The highest BCUT2D eigenvalue weighted by atomic mass is 16.6. The Balaban J connectivity index is 1.98. The van der Waals surface area contributed by atoms with Gasteiger partial charge in [0, 0.05) is 19.0 Å². The summed E-state index contributed by atoms with van der Waals surface area (Å²) in [7, 11) is 1.63. The number of fused-ring (bicyclic) bond motifs is 2. The zero-order chi connectivity index (χ0) is 9.26. The van der Waals surface area contributed by atoms with Crippen molar-refractivity contribution in [3.05, 3.63) is 0 Å². The summed E-state index contributed by atoms with van der Waals surface area (Å²) in [6.45, 7) is 5.88. The highest BCUT2D eigenvalue weighted by Crippen LogP contribution is 2.30. The van der Waals surface area contributed by atoms with Gasteiger partial charge in [0.15, 0.2) is 0 Å². The predicted molar refractivity (Wildman–Crippen MR) is 52.8 cm³/mol. The lowest BCUT2D eigenvalue weighted by Gasteiger charge is -2.29. The number of piperidine rings is 1. The number of oxime groups is 1. The molecule has 3 atom stereocenters. The van der Waals surface area contributed by atoms with Gasteiger partial charge in [-0.1, -0.05) is 5.16 Å². The summed E-state index contributed by atoms with van der Waals surface area (Å²) in [5.74, 6) is 1.56. The molecule has 0 aliphatic carbocycles. The predicted octanol–water partition coefficient (Wildman–Crippen LogP) is 1.35. The minimum absolute atomic E-state index is 0.640. The van der Waals surface area contributed by atoms with Crippen LogP contribution >= 0.6 is 0 Å². The van der Waals surface area contributed by atoms with Crippen LogP contribution in [0.15, 0.2) is 5.16 Å². The van der Waals surface area contributed by atoms with Crippen molar-refractivity contribution < 1.29 is 4.84 Å². The molecule has 3 unspecified atom stereocenters. The minimum atomic E-state index is 0.640. The molecule has 0 aromatic carbocycles. The lowest BCUT2D eigenvalue weighted by Crippen LogP contribution is -2.36. The van der Waals surface area contributed by atoms with Crippen LogP contribution in [0.1, 0.15) is 19.8 Å². The second-order valence-electron chi connectivity index (χ2n) is 4.26. The Morgan fingerprint density at radius 2 is 2.31 bits per heavy atom. The van der Waals surface area contributed by atoms with Crippen LogP contribution in [0.5, 0.6) is 0 Å². The maximum absolute atomic E-state index is 4.82. The Bertz CT molecular complexity index is 203. The van der Waals surface area contributed by atoms with E-state index in [0.29, 0.717) is 5.92 Å². The zero-order valence-corrected chi connectivity index (χ0v) is 8.49. The first-order chi connectivity index (χ1) is 6.29. The smallest absolute Gasteiger partial charge is 0.106 e. The van der Waals surface area contributed by atoms with Crippen molar-refractivity contribution in [1.82, 2.24) is 4.90 Å². The molecule has 2 bridgehead atoms. The van der Waals surface area contributed by atoms with Gasteiger partial charge in [-0.3, -0.25) is 0 Å². The van der Waals surface area contributed by atoms with E-state index >= 15 is 0 Å². The summed E-state index contributed by atoms with van der Waals surface area (Å²) in [5.41, 5.74) is 1.17. The van der Waals surface area contributed by atoms with E-state index < -0.39 is 0 Å². The SMILES string of the molecule is CO/N=C(\C)C1CC2CCN(C2)C1. The van der Waals surface area contributed by atoms with Gasteiger partial charge in [0.05, 0.1) is 5.71 Å². The number of rotatable bonds is 2. The van der Waals surface area contributed by atoms with Gasteiger partial charge in [0.25, 0.3) is 0 Å². The molecule has 0 radical (unpaired) electrons. The van der Waals surface area contributed by atoms with E-state index in [1.165, 1.54) is 38.2 Å². The van der Waals surface area contributed by atoms with Crippen LogP contribution in [0.25, 0.3) is 0 Å². The highest BCUT2D eigenvalue weighted by Gasteiger charge is 2.33. The fraction of sp³-hybridized carbons (Fsp3) is 0.900. The summed E-state index contributed by atoms with van der Waals surface area (Å²) < 4.78 is 0. The van der Waals surface area contributed by atoms with Crippen molar-refractivity contribution >= 4 is 5.71 Å². The molecule has 0 saturated carbocycles. The molecule has 0 amide bonds. The van der Waals surface area contributed by atoms with Gasteiger partial charge in [0.1, 0.15) is 7.11 Å². The van der Waals surface area contributed by atoms with Crippen molar-refractivity contribution in [2.24, 2.45) is 17.0 Å². The van der Waals surface area contributed by atoms with Crippen molar-refractivity contribution in [2.45, 2.75) is 19.8 Å². The molecule has 0 aromatic rings. The van der Waals surface area contributed by atoms with Gasteiger partial charge >= 0.3 is 0 Å². The first kappa shape index (κ1) is 9.00. The highest BCUT2D eigenvalue weighted by molar-refractivity contribution is 5.84. The molecule has 2 aliphatic rings. The Labute approximate surface area is 79.7 Å². The fourth-order valence-corrected chi connectivity index (χ4v) is 2.58. The minimum Gasteiger partial charge on any atom is -0.399 e. The maximum atomic E-state index is 4.82. The third-order valence-electron chi connectivity index (χ3n) is 3.29. The van der Waals surface area contributed by atoms with E-state index in [0.717, 1.165) is 5.92 Å². The topological polar surface area (TPSA) is 24.8 Å².